The van der Waals surface area contributed by atoms with Gasteiger partial charge in [-0.05, 0) is 62.6 Å². The number of hydrogen-bond acceptors (Lipinski definition) is 5. The van der Waals surface area contributed by atoms with Gasteiger partial charge in [0, 0.05) is 18.7 Å². The number of aromatic nitrogens is 2. The molecule has 0 aliphatic heterocycles. The van der Waals surface area contributed by atoms with Crippen LogP contribution in [0.5, 0.6) is 0 Å². The average Bonchev–Trinajstić information content (AvgIpc) is 3.38. The molecular weight excluding hydrogens is 472 g/mol. The predicted octanol–water partition coefficient (Wildman–Crippen LogP) is 3.42. The van der Waals surface area contributed by atoms with Gasteiger partial charge in [0.1, 0.15) is 12.3 Å². The van der Waals surface area contributed by atoms with Crippen molar-refractivity contribution < 1.29 is 14.0 Å². The van der Waals surface area contributed by atoms with Crippen molar-refractivity contribution >= 4 is 28.4 Å². The number of fused-ring (bicyclic) bond motifs is 1. The zero-order valence-electron chi connectivity index (χ0n) is 21.2. The fraction of sp³-hybridized carbons (Fsp3) is 0.286. The molecule has 2 N–H and O–H groups in total. The van der Waals surface area contributed by atoms with Crippen LogP contribution in [0.2, 0.25) is 0 Å². The summed E-state index contributed by atoms with van der Waals surface area (Å²) in [5.41, 5.74) is 3.01. The molecule has 2 aromatic heterocycles. The number of para-hydroxylation sites is 1. The molecule has 0 spiro atoms. The first-order chi connectivity index (χ1) is 17.7. The highest BCUT2D eigenvalue weighted by Crippen LogP contribution is 2.22. The van der Waals surface area contributed by atoms with Gasteiger partial charge in [0.05, 0.1) is 23.7 Å². The number of amides is 2. The lowest BCUT2D eigenvalue weighted by atomic mass is 10.1. The summed E-state index contributed by atoms with van der Waals surface area (Å²) in [6.45, 7) is 5.89. The molecule has 0 saturated carbocycles. The minimum atomic E-state index is -0.591. The fourth-order valence-electron chi connectivity index (χ4n) is 4.51. The Morgan fingerprint density at radius 3 is 2.35 bits per heavy atom. The van der Waals surface area contributed by atoms with Crippen LogP contribution in [-0.4, -0.2) is 20.9 Å². The minimum Gasteiger partial charge on any atom is -0.467 e. The van der Waals surface area contributed by atoms with E-state index in [9.17, 15) is 19.2 Å². The Morgan fingerprint density at radius 2 is 1.65 bits per heavy atom. The van der Waals surface area contributed by atoms with Crippen LogP contribution in [0.15, 0.2) is 68.8 Å². The Morgan fingerprint density at radius 1 is 0.919 bits per heavy atom. The highest BCUT2D eigenvalue weighted by atomic mass is 16.3. The monoisotopic (exact) mass is 502 g/mol. The number of rotatable bonds is 9. The maximum absolute atomic E-state index is 13.4. The maximum Gasteiger partial charge on any atom is 0.331 e. The molecule has 9 heteroatoms. The first-order valence-corrected chi connectivity index (χ1v) is 12.1. The van der Waals surface area contributed by atoms with Crippen molar-refractivity contribution in [3.05, 3.63) is 98.1 Å². The number of benzene rings is 2. The van der Waals surface area contributed by atoms with Gasteiger partial charge in [-0.15, -0.1) is 0 Å². The Kier molecular flexibility index (Phi) is 7.71. The molecule has 2 heterocycles. The molecule has 2 aromatic carbocycles. The molecule has 4 aromatic rings. The molecule has 192 valence electrons. The van der Waals surface area contributed by atoms with Gasteiger partial charge < -0.3 is 15.1 Å². The van der Waals surface area contributed by atoms with Gasteiger partial charge in [-0.2, -0.15) is 0 Å². The zero-order chi connectivity index (χ0) is 26.5. The van der Waals surface area contributed by atoms with E-state index >= 15 is 0 Å². The maximum atomic E-state index is 13.4. The van der Waals surface area contributed by atoms with E-state index in [2.05, 4.69) is 10.6 Å². The van der Waals surface area contributed by atoms with E-state index in [0.717, 1.165) is 21.3 Å². The molecule has 37 heavy (non-hydrogen) atoms. The van der Waals surface area contributed by atoms with Gasteiger partial charge in [-0.1, -0.05) is 29.8 Å². The van der Waals surface area contributed by atoms with Gasteiger partial charge in [0.15, 0.2) is 0 Å². The number of carbonyl (C=O) groups is 2. The highest BCUT2D eigenvalue weighted by molar-refractivity contribution is 5.93. The molecule has 9 nitrogen and oxygen atoms in total. The average molecular weight is 503 g/mol. The van der Waals surface area contributed by atoms with E-state index in [0.29, 0.717) is 22.4 Å². The van der Waals surface area contributed by atoms with Gasteiger partial charge >= 0.3 is 5.69 Å². The second kappa shape index (κ2) is 11.1. The molecule has 0 saturated heterocycles. The third-order valence-electron chi connectivity index (χ3n) is 6.20. The smallest absolute Gasteiger partial charge is 0.331 e. The van der Waals surface area contributed by atoms with E-state index in [1.807, 2.05) is 32.9 Å². The molecule has 2 amide bonds. The van der Waals surface area contributed by atoms with E-state index < -0.39 is 11.2 Å². The number of aryl methyl sites for hydroxylation is 3. The van der Waals surface area contributed by atoms with Crippen LogP contribution in [0.3, 0.4) is 0 Å². The summed E-state index contributed by atoms with van der Waals surface area (Å²) in [5, 5.41) is 6.00. The summed E-state index contributed by atoms with van der Waals surface area (Å²) in [6, 6.07) is 14.2. The van der Waals surface area contributed by atoms with Crippen LogP contribution in [0.4, 0.5) is 5.69 Å². The first kappa shape index (κ1) is 25.7. The number of anilines is 1. The standard InChI is InChI=1S/C28H30N4O5/c1-18-14-19(2)26(20(3)15-18)30-25(34)17-32-23-10-5-4-9-22(23)27(35)31(28(32)36)12-6-11-24(33)29-16-21-8-7-13-37-21/h4-5,7-10,13-15H,6,11-12,16-17H2,1-3H3,(H,29,33)(H,30,34). The van der Waals surface area contributed by atoms with Crippen molar-refractivity contribution in [1.29, 1.82) is 0 Å². The predicted molar refractivity (Wildman–Crippen MR) is 142 cm³/mol. The number of nitrogens with one attached hydrogen (secondary N) is 2. The summed E-state index contributed by atoms with van der Waals surface area (Å²) in [4.78, 5) is 51.7. The van der Waals surface area contributed by atoms with Crippen LogP contribution in [-0.2, 0) is 29.2 Å². The second-order valence-corrected chi connectivity index (χ2v) is 9.12. The lowest BCUT2D eigenvalue weighted by molar-refractivity contribution is -0.121. The molecule has 0 aliphatic carbocycles. The molecule has 0 fully saturated rings. The van der Waals surface area contributed by atoms with Gasteiger partial charge in [0.2, 0.25) is 11.8 Å². The Bertz CT molecular complexity index is 1540. The summed E-state index contributed by atoms with van der Waals surface area (Å²) >= 11 is 0. The Labute approximate surface area is 213 Å². The summed E-state index contributed by atoms with van der Waals surface area (Å²) < 4.78 is 7.60. The molecule has 4 rings (SSSR count). The largest absolute Gasteiger partial charge is 0.467 e. The number of hydrogen-bond donors (Lipinski definition) is 2. The summed E-state index contributed by atoms with van der Waals surface area (Å²) in [7, 11) is 0. The topological polar surface area (TPSA) is 115 Å². The number of nitrogens with zero attached hydrogens (tertiary/aromatic N) is 2. The molecule has 0 bridgehead atoms. The third kappa shape index (κ3) is 5.88. The normalized spacial score (nSPS) is 11.0. The lowest BCUT2D eigenvalue weighted by Gasteiger charge is -2.16. The molecule has 0 unspecified atom stereocenters. The SMILES string of the molecule is Cc1cc(C)c(NC(=O)Cn2c(=O)n(CCCC(=O)NCc3ccco3)c(=O)c3ccccc32)c(C)c1. The van der Waals surface area contributed by atoms with Crippen LogP contribution in [0.25, 0.3) is 10.9 Å². The Balaban J connectivity index is 1.53. The van der Waals surface area contributed by atoms with E-state index in [-0.39, 0.29) is 44.3 Å². The summed E-state index contributed by atoms with van der Waals surface area (Å²) in [5.74, 6) is 0.0508. The number of carbonyl (C=O) groups excluding carboxylic acids is 2. The van der Waals surface area contributed by atoms with Crippen molar-refractivity contribution in [2.24, 2.45) is 0 Å². The van der Waals surface area contributed by atoms with Crippen LogP contribution < -0.4 is 21.9 Å². The second-order valence-electron chi connectivity index (χ2n) is 9.12. The van der Waals surface area contributed by atoms with E-state index in [1.54, 1.807) is 36.4 Å². The third-order valence-corrected chi connectivity index (χ3v) is 6.20. The van der Waals surface area contributed by atoms with Crippen molar-refractivity contribution in [3.8, 4) is 0 Å². The zero-order valence-corrected chi connectivity index (χ0v) is 21.2. The Hall–Kier alpha value is -4.40. The van der Waals surface area contributed by atoms with Crippen LogP contribution in [0.1, 0.15) is 35.3 Å². The van der Waals surface area contributed by atoms with E-state index in [4.69, 9.17) is 4.42 Å². The lowest BCUT2D eigenvalue weighted by Crippen LogP contribution is -2.42. The van der Waals surface area contributed by atoms with Crippen LogP contribution >= 0.6 is 0 Å². The van der Waals surface area contributed by atoms with E-state index in [1.165, 1.54) is 10.8 Å². The molecular formula is C28H30N4O5. The number of furan rings is 1. The fourth-order valence-corrected chi connectivity index (χ4v) is 4.51. The molecule has 0 aliphatic rings. The highest BCUT2D eigenvalue weighted by Gasteiger charge is 2.17. The van der Waals surface area contributed by atoms with Crippen LogP contribution in [0, 0.1) is 20.8 Å². The van der Waals surface area contributed by atoms with Crippen molar-refractivity contribution in [2.45, 2.75) is 53.2 Å². The molecule has 0 atom stereocenters. The quantitative estimate of drug-likeness (QED) is 0.364. The van der Waals surface area contributed by atoms with Crippen molar-refractivity contribution in [2.75, 3.05) is 5.32 Å². The minimum absolute atomic E-state index is 0.0501. The molecule has 0 radical (unpaired) electrons. The first-order valence-electron chi connectivity index (χ1n) is 12.1. The van der Waals surface area contributed by atoms with Gasteiger partial charge in [-0.3, -0.25) is 23.5 Å². The van der Waals surface area contributed by atoms with Gasteiger partial charge in [-0.25, -0.2) is 4.79 Å². The van der Waals surface area contributed by atoms with Gasteiger partial charge in [0.25, 0.3) is 5.56 Å². The van der Waals surface area contributed by atoms with Crippen molar-refractivity contribution in [1.82, 2.24) is 14.5 Å². The summed E-state index contributed by atoms with van der Waals surface area (Å²) in [6.07, 6.45) is 1.94. The van der Waals surface area contributed by atoms with Crippen molar-refractivity contribution in [3.63, 3.8) is 0 Å².